The molecule has 0 fully saturated rings. The lowest BCUT2D eigenvalue weighted by Gasteiger charge is -2.17. The summed E-state index contributed by atoms with van der Waals surface area (Å²) in [4.78, 5) is 4.60. The largest absolute Gasteiger partial charge is 0.357 e. The quantitative estimate of drug-likeness (QED) is 0.417. The molecule has 2 N–H and O–H groups in total. The van der Waals surface area contributed by atoms with Crippen molar-refractivity contribution in [2.24, 2.45) is 4.99 Å². The standard InChI is InChI=1S/C15H30N6/c1-5-8-9-10-13(4)19-15(16-6-2)17-11-14-20-18-12-21(14)7-3/h12-13H,5-11H2,1-4H3,(H2,16,17,19). The summed E-state index contributed by atoms with van der Waals surface area (Å²) in [6.07, 6.45) is 6.73. The van der Waals surface area contributed by atoms with Crippen molar-refractivity contribution < 1.29 is 0 Å². The van der Waals surface area contributed by atoms with Crippen molar-refractivity contribution in [3.05, 3.63) is 12.2 Å². The minimum atomic E-state index is 0.429. The van der Waals surface area contributed by atoms with Crippen molar-refractivity contribution >= 4 is 5.96 Å². The van der Waals surface area contributed by atoms with E-state index in [1.165, 1.54) is 25.7 Å². The third-order valence-corrected chi connectivity index (χ3v) is 3.38. The van der Waals surface area contributed by atoms with E-state index in [0.717, 1.165) is 24.9 Å². The Balaban J connectivity index is 2.53. The van der Waals surface area contributed by atoms with Crippen molar-refractivity contribution in [3.63, 3.8) is 0 Å². The molecule has 120 valence electrons. The molecule has 0 spiro atoms. The number of guanidine groups is 1. The first-order chi connectivity index (χ1) is 10.2. The van der Waals surface area contributed by atoms with Crippen LogP contribution in [0, 0.1) is 0 Å². The van der Waals surface area contributed by atoms with Gasteiger partial charge in [-0.1, -0.05) is 26.2 Å². The number of unbranched alkanes of at least 4 members (excludes halogenated alkanes) is 2. The fraction of sp³-hybridized carbons (Fsp3) is 0.800. The van der Waals surface area contributed by atoms with Gasteiger partial charge in [0.1, 0.15) is 12.9 Å². The second-order valence-corrected chi connectivity index (χ2v) is 5.27. The summed E-state index contributed by atoms with van der Waals surface area (Å²) < 4.78 is 2.01. The summed E-state index contributed by atoms with van der Waals surface area (Å²) in [6.45, 7) is 10.9. The van der Waals surface area contributed by atoms with Gasteiger partial charge in [-0.3, -0.25) is 0 Å². The summed E-state index contributed by atoms with van der Waals surface area (Å²) in [5.41, 5.74) is 0. The van der Waals surface area contributed by atoms with Crippen LogP contribution in [0.2, 0.25) is 0 Å². The van der Waals surface area contributed by atoms with Gasteiger partial charge in [-0.25, -0.2) is 4.99 Å². The molecule has 0 amide bonds. The average Bonchev–Trinajstić information content (AvgIpc) is 2.92. The third-order valence-electron chi connectivity index (χ3n) is 3.38. The van der Waals surface area contributed by atoms with Crippen molar-refractivity contribution in [1.82, 2.24) is 25.4 Å². The Morgan fingerprint density at radius 3 is 2.81 bits per heavy atom. The number of nitrogens with zero attached hydrogens (tertiary/aromatic N) is 4. The molecule has 1 rings (SSSR count). The van der Waals surface area contributed by atoms with E-state index in [1.807, 2.05) is 4.57 Å². The normalized spacial score (nSPS) is 13.2. The van der Waals surface area contributed by atoms with Crippen LogP contribution in [0.3, 0.4) is 0 Å². The minimum absolute atomic E-state index is 0.429. The SMILES string of the molecule is CCCCCC(C)NC(=NCc1nncn1CC)NCC. The molecule has 1 aromatic heterocycles. The van der Waals surface area contributed by atoms with Gasteiger partial charge in [0.2, 0.25) is 0 Å². The van der Waals surface area contributed by atoms with Gasteiger partial charge in [-0.15, -0.1) is 10.2 Å². The molecule has 1 heterocycles. The highest BCUT2D eigenvalue weighted by atomic mass is 15.3. The molecule has 6 heteroatoms. The maximum Gasteiger partial charge on any atom is 0.191 e. The van der Waals surface area contributed by atoms with E-state index >= 15 is 0 Å². The van der Waals surface area contributed by atoms with Crippen LogP contribution in [0.1, 0.15) is 59.2 Å². The van der Waals surface area contributed by atoms with Crippen LogP contribution in [0.25, 0.3) is 0 Å². The summed E-state index contributed by atoms with van der Waals surface area (Å²) in [5.74, 6) is 1.75. The Morgan fingerprint density at radius 2 is 2.14 bits per heavy atom. The number of aryl methyl sites for hydroxylation is 1. The predicted molar refractivity (Wildman–Crippen MR) is 87.3 cm³/mol. The van der Waals surface area contributed by atoms with Crippen LogP contribution < -0.4 is 10.6 Å². The molecule has 0 aliphatic carbocycles. The smallest absolute Gasteiger partial charge is 0.191 e. The zero-order valence-corrected chi connectivity index (χ0v) is 13.9. The Morgan fingerprint density at radius 1 is 1.33 bits per heavy atom. The Labute approximate surface area is 128 Å². The van der Waals surface area contributed by atoms with Gasteiger partial charge in [-0.2, -0.15) is 0 Å². The summed E-state index contributed by atoms with van der Waals surface area (Å²) in [5, 5.41) is 14.8. The van der Waals surface area contributed by atoms with E-state index in [-0.39, 0.29) is 0 Å². The minimum Gasteiger partial charge on any atom is -0.357 e. The summed E-state index contributed by atoms with van der Waals surface area (Å²) >= 11 is 0. The van der Waals surface area contributed by atoms with E-state index in [2.05, 4.69) is 53.5 Å². The van der Waals surface area contributed by atoms with Crippen molar-refractivity contribution in [3.8, 4) is 0 Å². The topological polar surface area (TPSA) is 67.1 Å². The van der Waals surface area contributed by atoms with Gasteiger partial charge < -0.3 is 15.2 Å². The molecule has 0 saturated carbocycles. The van der Waals surface area contributed by atoms with E-state index in [4.69, 9.17) is 0 Å². The average molecular weight is 294 g/mol. The fourth-order valence-electron chi connectivity index (χ4n) is 2.14. The monoisotopic (exact) mass is 294 g/mol. The van der Waals surface area contributed by atoms with Crippen LogP contribution in [-0.2, 0) is 13.1 Å². The van der Waals surface area contributed by atoms with Crippen LogP contribution >= 0.6 is 0 Å². The third kappa shape index (κ3) is 6.60. The van der Waals surface area contributed by atoms with E-state index in [1.54, 1.807) is 6.33 Å². The maximum absolute atomic E-state index is 4.60. The van der Waals surface area contributed by atoms with Gasteiger partial charge >= 0.3 is 0 Å². The number of aliphatic imine (C=N–C) groups is 1. The van der Waals surface area contributed by atoms with Crippen molar-refractivity contribution in [1.29, 1.82) is 0 Å². The first-order valence-corrected chi connectivity index (χ1v) is 8.12. The van der Waals surface area contributed by atoms with E-state index in [9.17, 15) is 0 Å². The fourth-order valence-corrected chi connectivity index (χ4v) is 2.14. The maximum atomic E-state index is 4.60. The van der Waals surface area contributed by atoms with Crippen molar-refractivity contribution in [2.45, 2.75) is 72.5 Å². The molecule has 0 aliphatic heterocycles. The van der Waals surface area contributed by atoms with Gasteiger partial charge in [0.25, 0.3) is 0 Å². The van der Waals surface area contributed by atoms with E-state index in [0.29, 0.717) is 12.6 Å². The lowest BCUT2D eigenvalue weighted by atomic mass is 10.1. The zero-order valence-electron chi connectivity index (χ0n) is 13.9. The van der Waals surface area contributed by atoms with Crippen LogP contribution in [0.4, 0.5) is 0 Å². The second kappa shape index (κ2) is 10.2. The predicted octanol–water partition coefficient (Wildman–Crippen LogP) is 2.32. The molecular formula is C15H30N6. The molecule has 0 aromatic carbocycles. The first-order valence-electron chi connectivity index (χ1n) is 8.12. The number of nitrogens with one attached hydrogen (secondary N) is 2. The summed E-state index contributed by atoms with van der Waals surface area (Å²) in [6, 6.07) is 0.429. The molecule has 0 aliphatic rings. The van der Waals surface area contributed by atoms with Crippen LogP contribution in [0.5, 0.6) is 0 Å². The summed E-state index contributed by atoms with van der Waals surface area (Å²) in [7, 11) is 0. The van der Waals surface area contributed by atoms with Crippen molar-refractivity contribution in [2.75, 3.05) is 6.54 Å². The Bertz CT molecular complexity index is 412. The Hall–Kier alpha value is -1.59. The zero-order chi connectivity index (χ0) is 15.5. The molecule has 1 atom stereocenters. The molecule has 1 unspecified atom stereocenters. The van der Waals surface area contributed by atoms with Gasteiger partial charge in [-0.05, 0) is 27.2 Å². The van der Waals surface area contributed by atoms with Gasteiger partial charge in [0.05, 0.1) is 0 Å². The first kappa shape index (κ1) is 17.5. The highest BCUT2D eigenvalue weighted by Crippen LogP contribution is 2.03. The molecule has 6 nitrogen and oxygen atoms in total. The Kier molecular flexibility index (Phi) is 8.47. The lowest BCUT2D eigenvalue weighted by Crippen LogP contribution is -2.42. The highest BCUT2D eigenvalue weighted by Gasteiger charge is 2.06. The highest BCUT2D eigenvalue weighted by molar-refractivity contribution is 5.79. The van der Waals surface area contributed by atoms with Gasteiger partial charge in [0, 0.05) is 19.1 Å². The lowest BCUT2D eigenvalue weighted by molar-refractivity contribution is 0.546. The number of hydrogen-bond donors (Lipinski definition) is 2. The number of rotatable bonds is 9. The molecule has 0 radical (unpaired) electrons. The molecule has 0 bridgehead atoms. The van der Waals surface area contributed by atoms with Crippen LogP contribution in [-0.4, -0.2) is 33.3 Å². The van der Waals surface area contributed by atoms with E-state index < -0.39 is 0 Å². The second-order valence-electron chi connectivity index (χ2n) is 5.27. The molecular weight excluding hydrogens is 264 g/mol. The number of aromatic nitrogens is 3. The van der Waals surface area contributed by atoms with Gasteiger partial charge in [0.15, 0.2) is 11.8 Å². The van der Waals surface area contributed by atoms with Crippen LogP contribution in [0.15, 0.2) is 11.3 Å². The number of hydrogen-bond acceptors (Lipinski definition) is 3. The molecule has 21 heavy (non-hydrogen) atoms. The molecule has 0 saturated heterocycles. The molecule has 1 aromatic rings.